The molecule has 7 rings (SSSR count). The molecule has 0 aliphatic carbocycles. The third-order valence-electron chi connectivity index (χ3n) is 8.77. The summed E-state index contributed by atoms with van der Waals surface area (Å²) in [5.41, 5.74) is 2.92. The number of fused-ring (bicyclic) bond motifs is 2. The lowest BCUT2D eigenvalue weighted by atomic mass is 10.0. The number of halogens is 4. The highest BCUT2D eigenvalue weighted by atomic mass is 35.5. The normalized spacial score (nSPS) is 11.5. The summed E-state index contributed by atoms with van der Waals surface area (Å²) >= 11 is 24.5. The van der Waals surface area contributed by atoms with Gasteiger partial charge in [0.25, 0.3) is 11.8 Å². The van der Waals surface area contributed by atoms with Crippen molar-refractivity contribution in [2.75, 3.05) is 10.6 Å². The topological polar surface area (TPSA) is 148 Å². The number of benzene rings is 7. The molecule has 10 nitrogen and oxygen atoms in total. The van der Waals surface area contributed by atoms with E-state index in [1.807, 2.05) is 0 Å². The Hall–Kier alpha value is -6.04. The van der Waals surface area contributed by atoms with Crippen LogP contribution in [0.15, 0.2) is 130 Å². The summed E-state index contributed by atoms with van der Waals surface area (Å²) in [5, 5.41) is 49.4. The second kappa shape index (κ2) is 16.0. The van der Waals surface area contributed by atoms with E-state index in [-0.39, 0.29) is 34.0 Å². The highest BCUT2D eigenvalue weighted by Gasteiger charge is 2.22. The van der Waals surface area contributed by atoms with Crippen LogP contribution in [0.3, 0.4) is 0 Å². The highest BCUT2D eigenvalue weighted by molar-refractivity contribution is 6.35. The number of carbonyl (C=O) groups is 2. The van der Waals surface area contributed by atoms with Gasteiger partial charge in [-0.25, -0.2) is 0 Å². The minimum absolute atomic E-state index is 0.0330. The number of aryl methyl sites for hydroxylation is 2. The minimum Gasteiger partial charge on any atom is -0.505 e. The van der Waals surface area contributed by atoms with Gasteiger partial charge in [-0.2, -0.15) is 10.2 Å². The van der Waals surface area contributed by atoms with E-state index in [0.717, 1.165) is 0 Å². The summed E-state index contributed by atoms with van der Waals surface area (Å²) < 4.78 is 0. The number of anilines is 2. The predicted molar refractivity (Wildman–Crippen MR) is 224 cm³/mol. The predicted octanol–water partition coefficient (Wildman–Crippen LogP) is 14.0. The summed E-state index contributed by atoms with van der Waals surface area (Å²) in [5.74, 6) is -1.95. The van der Waals surface area contributed by atoms with E-state index in [2.05, 4.69) is 31.1 Å². The van der Waals surface area contributed by atoms with Crippen molar-refractivity contribution >= 4 is 114 Å². The molecular weight excluding hydrogens is 794 g/mol. The molecule has 0 saturated carbocycles. The SMILES string of the molecule is Cc1cc(NC(=O)c2cc3ccccc3c(N=Nc3cc(Cl)cc(Cl)c3)c2O)c(C)cc1NC(=O)c1cc2ccccc2c(N=Nc2cc(Cl)cc(Cl)c2)c1O. The van der Waals surface area contributed by atoms with Crippen LogP contribution in [0.2, 0.25) is 20.1 Å². The molecule has 14 heteroatoms. The van der Waals surface area contributed by atoms with Crippen molar-refractivity contribution in [2.45, 2.75) is 13.8 Å². The lowest BCUT2D eigenvalue weighted by molar-refractivity contribution is 0.101. The fourth-order valence-corrected chi connectivity index (χ4v) is 7.09. The van der Waals surface area contributed by atoms with Gasteiger partial charge in [-0.1, -0.05) is 94.9 Å². The maximum Gasteiger partial charge on any atom is 0.259 e. The third-order valence-corrected chi connectivity index (χ3v) is 9.65. The monoisotopic (exact) mass is 820 g/mol. The Morgan fingerprint density at radius 3 is 1.23 bits per heavy atom. The number of carbonyl (C=O) groups excluding carboxylic acids is 2. The van der Waals surface area contributed by atoms with Crippen LogP contribution in [-0.2, 0) is 0 Å². The molecule has 0 aromatic heterocycles. The number of phenolic OH excluding ortho intramolecular Hbond substituents is 2. The number of hydrogen-bond donors (Lipinski definition) is 4. The van der Waals surface area contributed by atoms with E-state index < -0.39 is 11.8 Å². The number of aromatic hydroxyl groups is 2. The van der Waals surface area contributed by atoms with E-state index in [9.17, 15) is 19.8 Å². The van der Waals surface area contributed by atoms with E-state index in [4.69, 9.17) is 46.4 Å². The van der Waals surface area contributed by atoms with Crippen LogP contribution in [0.4, 0.5) is 34.1 Å². The zero-order chi connectivity index (χ0) is 39.7. The van der Waals surface area contributed by atoms with Crippen molar-refractivity contribution in [3.05, 3.63) is 152 Å². The van der Waals surface area contributed by atoms with Crippen molar-refractivity contribution in [3.8, 4) is 11.5 Å². The summed E-state index contributed by atoms with van der Waals surface area (Å²) in [6, 6.07) is 30.2. The average Bonchev–Trinajstić information content (AvgIpc) is 3.14. The van der Waals surface area contributed by atoms with Gasteiger partial charge in [-0.3, -0.25) is 9.59 Å². The fourth-order valence-electron chi connectivity index (χ4n) is 6.06. The molecule has 2 amide bonds. The van der Waals surface area contributed by atoms with Gasteiger partial charge in [0.15, 0.2) is 11.5 Å². The van der Waals surface area contributed by atoms with Crippen LogP contribution in [0, 0.1) is 13.8 Å². The molecule has 278 valence electrons. The Kier molecular flexibility index (Phi) is 10.9. The van der Waals surface area contributed by atoms with Crippen LogP contribution in [-0.4, -0.2) is 22.0 Å². The number of azo groups is 2. The quantitative estimate of drug-likeness (QED) is 0.113. The van der Waals surface area contributed by atoms with Gasteiger partial charge in [0.2, 0.25) is 0 Å². The summed E-state index contributed by atoms with van der Waals surface area (Å²) in [4.78, 5) is 27.5. The van der Waals surface area contributed by atoms with Crippen LogP contribution in [0.5, 0.6) is 11.5 Å². The van der Waals surface area contributed by atoms with Gasteiger partial charge in [0.05, 0.1) is 22.5 Å². The molecule has 0 bridgehead atoms. The number of nitrogens with zero attached hydrogens (tertiary/aromatic N) is 4. The number of nitrogens with one attached hydrogen (secondary N) is 2. The molecular formula is C42H28Cl4N6O4. The lowest BCUT2D eigenvalue weighted by Crippen LogP contribution is -2.15. The van der Waals surface area contributed by atoms with Gasteiger partial charge < -0.3 is 20.8 Å². The second-order valence-corrected chi connectivity index (χ2v) is 14.5. The van der Waals surface area contributed by atoms with Gasteiger partial charge in [-0.05, 0) is 96.4 Å². The van der Waals surface area contributed by atoms with Gasteiger partial charge in [0, 0.05) is 42.2 Å². The van der Waals surface area contributed by atoms with Gasteiger partial charge in [-0.15, -0.1) is 10.2 Å². The largest absolute Gasteiger partial charge is 0.505 e. The molecule has 0 radical (unpaired) electrons. The van der Waals surface area contributed by atoms with Crippen molar-refractivity contribution in [3.63, 3.8) is 0 Å². The van der Waals surface area contributed by atoms with Crippen LogP contribution in [0.25, 0.3) is 21.5 Å². The van der Waals surface area contributed by atoms with Crippen molar-refractivity contribution < 1.29 is 19.8 Å². The van der Waals surface area contributed by atoms with Crippen LogP contribution >= 0.6 is 46.4 Å². The van der Waals surface area contributed by atoms with Gasteiger partial charge >= 0.3 is 0 Å². The van der Waals surface area contributed by atoms with Crippen molar-refractivity contribution in [2.24, 2.45) is 20.5 Å². The lowest BCUT2D eigenvalue weighted by Gasteiger charge is -2.16. The molecule has 0 fully saturated rings. The minimum atomic E-state index is -0.599. The third kappa shape index (κ3) is 8.14. The van der Waals surface area contributed by atoms with Gasteiger partial charge in [0.1, 0.15) is 11.4 Å². The zero-order valence-electron chi connectivity index (χ0n) is 29.4. The van der Waals surface area contributed by atoms with E-state index in [1.54, 1.807) is 123 Å². The standard InChI is InChI=1S/C42H28Cl4N6O4/c1-21-11-36(48-42(56)34-14-24-8-4-6-10-32(24)38(40(34)54)52-50-30-19-27(45)16-28(46)20-30)22(2)12-35(21)47-41(55)33-13-23-7-3-5-9-31(23)37(39(33)53)51-49-29-17-25(43)15-26(44)18-29/h3-20,53-54H,1-2H3,(H,47,55)(H,48,56). The Morgan fingerprint density at radius 1 is 0.500 bits per heavy atom. The van der Waals surface area contributed by atoms with Crippen LogP contribution in [0.1, 0.15) is 31.8 Å². The Balaban J connectivity index is 1.16. The summed E-state index contributed by atoms with van der Waals surface area (Å²) in [6.07, 6.45) is 0. The Labute approximate surface area is 340 Å². The number of phenols is 2. The summed E-state index contributed by atoms with van der Waals surface area (Å²) in [7, 11) is 0. The Bertz CT molecular complexity index is 2580. The first kappa shape index (κ1) is 38.2. The van der Waals surface area contributed by atoms with Crippen molar-refractivity contribution in [1.82, 2.24) is 0 Å². The molecule has 4 N–H and O–H groups in total. The highest BCUT2D eigenvalue weighted by Crippen LogP contribution is 2.42. The first-order valence-electron chi connectivity index (χ1n) is 16.8. The summed E-state index contributed by atoms with van der Waals surface area (Å²) in [6.45, 7) is 3.52. The van der Waals surface area contributed by atoms with E-state index in [1.165, 1.54) is 0 Å². The number of hydrogen-bond acceptors (Lipinski definition) is 8. The average molecular weight is 823 g/mol. The molecule has 7 aromatic rings. The Morgan fingerprint density at radius 2 is 0.857 bits per heavy atom. The zero-order valence-corrected chi connectivity index (χ0v) is 32.4. The fraction of sp³-hybridized carbons (Fsp3) is 0.0476. The molecule has 0 unspecified atom stereocenters. The smallest absolute Gasteiger partial charge is 0.259 e. The molecule has 0 saturated heterocycles. The maximum atomic E-state index is 13.8. The van der Waals surface area contributed by atoms with E-state index in [0.29, 0.717) is 75.5 Å². The second-order valence-electron chi connectivity index (χ2n) is 12.7. The molecule has 0 spiro atoms. The first-order chi connectivity index (χ1) is 26.8. The first-order valence-corrected chi connectivity index (χ1v) is 18.3. The molecule has 0 atom stereocenters. The number of amides is 2. The van der Waals surface area contributed by atoms with Crippen molar-refractivity contribution in [1.29, 1.82) is 0 Å². The molecule has 56 heavy (non-hydrogen) atoms. The number of rotatable bonds is 8. The molecule has 0 aliphatic rings. The molecule has 0 aliphatic heterocycles. The molecule has 0 heterocycles. The van der Waals surface area contributed by atoms with Crippen LogP contribution < -0.4 is 10.6 Å². The van der Waals surface area contributed by atoms with E-state index >= 15 is 0 Å². The maximum absolute atomic E-state index is 13.8. The molecule has 7 aromatic carbocycles.